The fraction of sp³-hybridized carbons (Fsp3) is 0.562. The molecule has 1 aromatic carbocycles. The number of aromatic nitrogens is 4. The molecule has 2 rings (SSSR count). The number of hydrogen-bond acceptors (Lipinski definition) is 4. The van der Waals surface area contributed by atoms with E-state index in [9.17, 15) is 0 Å². The van der Waals surface area contributed by atoms with E-state index in [0.29, 0.717) is 16.6 Å². The second kappa shape index (κ2) is 8.62. The maximum Gasteiger partial charge on any atom is 0.165 e. The molecule has 0 saturated carbocycles. The van der Waals surface area contributed by atoms with Crippen molar-refractivity contribution in [2.24, 2.45) is 0 Å². The predicted octanol–water partition coefficient (Wildman–Crippen LogP) is 4.36. The van der Waals surface area contributed by atoms with E-state index in [1.165, 1.54) is 0 Å². The lowest BCUT2D eigenvalue weighted by Gasteiger charge is -2.28. The smallest absolute Gasteiger partial charge is 0.165 e. The third-order valence-corrected chi connectivity index (χ3v) is 4.61. The second-order valence-corrected chi connectivity index (χ2v) is 6.45. The number of tetrazole rings is 1. The zero-order valence-electron chi connectivity index (χ0n) is 13.8. The highest BCUT2D eigenvalue weighted by Crippen LogP contribution is 2.29. The topological polar surface area (TPSA) is 46.8 Å². The number of benzene rings is 1. The first kappa shape index (κ1) is 18.2. The molecule has 126 valence electrons. The summed E-state index contributed by atoms with van der Waals surface area (Å²) in [6.07, 6.45) is 2.06. The molecule has 7 heteroatoms. The van der Waals surface area contributed by atoms with Gasteiger partial charge < -0.3 is 0 Å². The van der Waals surface area contributed by atoms with Crippen LogP contribution < -0.4 is 0 Å². The van der Waals surface area contributed by atoms with Crippen molar-refractivity contribution in [3.8, 4) is 0 Å². The van der Waals surface area contributed by atoms with Crippen LogP contribution in [0.4, 0.5) is 0 Å². The highest BCUT2D eigenvalue weighted by Gasteiger charge is 2.19. The molecule has 0 aliphatic rings. The zero-order chi connectivity index (χ0) is 16.8. The van der Waals surface area contributed by atoms with E-state index in [-0.39, 0.29) is 6.04 Å². The molecule has 5 nitrogen and oxygen atoms in total. The summed E-state index contributed by atoms with van der Waals surface area (Å²) >= 11 is 12.2. The summed E-state index contributed by atoms with van der Waals surface area (Å²) in [7, 11) is 0. The van der Waals surface area contributed by atoms with Gasteiger partial charge in [-0.2, -0.15) is 0 Å². The molecule has 23 heavy (non-hydrogen) atoms. The summed E-state index contributed by atoms with van der Waals surface area (Å²) in [6.45, 7) is 8.96. The van der Waals surface area contributed by atoms with Gasteiger partial charge in [0.15, 0.2) is 5.82 Å². The summed E-state index contributed by atoms with van der Waals surface area (Å²) in [6, 6.07) is 6.01. The first-order valence-electron chi connectivity index (χ1n) is 8.00. The normalized spacial score (nSPS) is 12.8. The molecule has 1 heterocycles. The van der Waals surface area contributed by atoms with Crippen molar-refractivity contribution in [1.29, 1.82) is 0 Å². The summed E-state index contributed by atoms with van der Waals surface area (Å²) in [4.78, 5) is 2.36. The molecule has 1 aromatic heterocycles. The van der Waals surface area contributed by atoms with Crippen LogP contribution in [0.2, 0.25) is 10.0 Å². The van der Waals surface area contributed by atoms with E-state index < -0.39 is 0 Å². The van der Waals surface area contributed by atoms with Gasteiger partial charge in [0.05, 0.1) is 16.6 Å². The number of hydrogen-bond donors (Lipinski definition) is 0. The number of aryl methyl sites for hydroxylation is 1. The van der Waals surface area contributed by atoms with Gasteiger partial charge in [0.1, 0.15) is 0 Å². The van der Waals surface area contributed by atoms with Gasteiger partial charge in [0.25, 0.3) is 0 Å². The van der Waals surface area contributed by atoms with Crippen LogP contribution in [0.5, 0.6) is 0 Å². The molecular weight excluding hydrogens is 333 g/mol. The predicted molar refractivity (Wildman–Crippen MR) is 93.7 cm³/mol. The van der Waals surface area contributed by atoms with Crippen molar-refractivity contribution in [3.63, 3.8) is 0 Å². The van der Waals surface area contributed by atoms with Crippen LogP contribution >= 0.6 is 23.2 Å². The quantitative estimate of drug-likeness (QED) is 0.705. The SMILES string of the molecule is CCCN(Cc1nnnn1CCC)C(C)c1ccc(Cl)c(Cl)c1. The van der Waals surface area contributed by atoms with E-state index in [2.05, 4.69) is 41.2 Å². The molecule has 1 atom stereocenters. The molecular formula is C16H23Cl2N5. The molecule has 0 fully saturated rings. The molecule has 0 amide bonds. The third-order valence-electron chi connectivity index (χ3n) is 3.87. The molecule has 1 unspecified atom stereocenters. The molecule has 0 aliphatic carbocycles. The first-order valence-corrected chi connectivity index (χ1v) is 8.76. The van der Waals surface area contributed by atoms with E-state index in [1.807, 2.05) is 22.9 Å². The van der Waals surface area contributed by atoms with Gasteiger partial charge in [0.2, 0.25) is 0 Å². The van der Waals surface area contributed by atoms with Crippen molar-refractivity contribution >= 4 is 23.2 Å². The fourth-order valence-corrected chi connectivity index (χ4v) is 2.89. The van der Waals surface area contributed by atoms with Crippen LogP contribution in [-0.2, 0) is 13.1 Å². The minimum atomic E-state index is 0.205. The van der Waals surface area contributed by atoms with Crippen molar-refractivity contribution in [2.45, 2.75) is 52.7 Å². The Kier molecular flexibility index (Phi) is 6.81. The second-order valence-electron chi connectivity index (χ2n) is 5.64. The van der Waals surface area contributed by atoms with Gasteiger partial charge >= 0.3 is 0 Å². The fourth-order valence-electron chi connectivity index (χ4n) is 2.58. The summed E-state index contributed by atoms with van der Waals surface area (Å²) < 4.78 is 1.88. The van der Waals surface area contributed by atoms with E-state index in [4.69, 9.17) is 23.2 Å². The molecule has 2 aromatic rings. The zero-order valence-corrected chi connectivity index (χ0v) is 15.3. The number of nitrogens with zero attached hydrogens (tertiary/aromatic N) is 5. The van der Waals surface area contributed by atoms with Crippen molar-refractivity contribution in [1.82, 2.24) is 25.1 Å². The van der Waals surface area contributed by atoms with Gasteiger partial charge in [0, 0.05) is 12.6 Å². The minimum absolute atomic E-state index is 0.205. The largest absolute Gasteiger partial charge is 0.289 e. The van der Waals surface area contributed by atoms with Gasteiger partial charge in [-0.15, -0.1) is 5.10 Å². The summed E-state index contributed by atoms with van der Waals surface area (Å²) in [5, 5.41) is 13.2. The van der Waals surface area contributed by atoms with E-state index in [1.54, 1.807) is 0 Å². The Morgan fingerprint density at radius 1 is 1.17 bits per heavy atom. The number of halogens is 2. The molecule has 0 spiro atoms. The standard InChI is InChI=1S/C16H23Cl2N5/c1-4-8-22(11-16-19-20-21-23(16)9-5-2)12(3)13-6-7-14(17)15(18)10-13/h6-7,10,12H,4-5,8-9,11H2,1-3H3. The lowest BCUT2D eigenvalue weighted by molar-refractivity contribution is 0.193. The van der Waals surface area contributed by atoms with Crippen molar-refractivity contribution < 1.29 is 0 Å². The Hall–Kier alpha value is -1.17. The monoisotopic (exact) mass is 355 g/mol. The lowest BCUT2D eigenvalue weighted by atomic mass is 10.1. The maximum absolute atomic E-state index is 6.16. The Morgan fingerprint density at radius 3 is 2.61 bits per heavy atom. The van der Waals surface area contributed by atoms with Crippen molar-refractivity contribution in [3.05, 3.63) is 39.6 Å². The van der Waals surface area contributed by atoms with Crippen LogP contribution in [-0.4, -0.2) is 31.7 Å². The van der Waals surface area contributed by atoms with Crippen LogP contribution in [0.3, 0.4) is 0 Å². The van der Waals surface area contributed by atoms with E-state index >= 15 is 0 Å². The average molecular weight is 356 g/mol. The molecule has 0 bridgehead atoms. The van der Waals surface area contributed by atoms with E-state index in [0.717, 1.165) is 37.3 Å². The van der Waals surface area contributed by atoms with Gasteiger partial charge in [-0.1, -0.05) is 43.1 Å². The summed E-state index contributed by atoms with van der Waals surface area (Å²) in [5.74, 6) is 0.896. The van der Waals surface area contributed by atoms with Crippen molar-refractivity contribution in [2.75, 3.05) is 6.54 Å². The van der Waals surface area contributed by atoms with Crippen LogP contribution in [0.15, 0.2) is 18.2 Å². The molecule has 0 N–H and O–H groups in total. The Bertz CT molecular complexity index is 629. The Labute approximate surface area is 147 Å². The van der Waals surface area contributed by atoms with Crippen LogP contribution in [0, 0.1) is 0 Å². The van der Waals surface area contributed by atoms with Crippen LogP contribution in [0.25, 0.3) is 0 Å². The molecule has 0 aliphatic heterocycles. The highest BCUT2D eigenvalue weighted by atomic mass is 35.5. The third kappa shape index (κ3) is 4.66. The minimum Gasteiger partial charge on any atom is -0.289 e. The molecule has 0 radical (unpaired) electrons. The van der Waals surface area contributed by atoms with Crippen LogP contribution in [0.1, 0.15) is 51.0 Å². The van der Waals surface area contributed by atoms with Gasteiger partial charge in [-0.05, 0) is 54.4 Å². The van der Waals surface area contributed by atoms with Gasteiger partial charge in [-0.25, -0.2) is 4.68 Å². The average Bonchev–Trinajstić information content (AvgIpc) is 2.96. The van der Waals surface area contributed by atoms with Gasteiger partial charge in [-0.3, -0.25) is 4.90 Å². The first-order chi connectivity index (χ1) is 11.1. The summed E-state index contributed by atoms with van der Waals surface area (Å²) in [5.41, 5.74) is 1.14. The Balaban J connectivity index is 2.19. The maximum atomic E-state index is 6.16. The number of rotatable bonds is 8. The lowest BCUT2D eigenvalue weighted by Crippen LogP contribution is -2.29. The Morgan fingerprint density at radius 2 is 1.96 bits per heavy atom. The highest BCUT2D eigenvalue weighted by molar-refractivity contribution is 6.42. The molecule has 0 saturated heterocycles.